The van der Waals surface area contributed by atoms with Crippen LogP contribution in [0.4, 0.5) is 0 Å². The summed E-state index contributed by atoms with van der Waals surface area (Å²) in [6.07, 6.45) is 0. The first-order chi connectivity index (χ1) is 13.3. The quantitative estimate of drug-likeness (QED) is 0.470. The normalized spacial score (nSPS) is 12.5. The van der Waals surface area contributed by atoms with E-state index in [2.05, 4.69) is 29.1 Å². The maximum atomic E-state index is 12.9. The number of carbonyl (C=O) groups excluding carboxylic acids is 1. The SMILES string of the molecule is Cc1cc2nc(SCC(=O)N[C@H](C)c3ccccc3)n(CC(C)C)c(=O)c2[nH]1. The Hall–Kier alpha value is -2.54. The second-order valence-corrected chi connectivity index (χ2v) is 8.35. The summed E-state index contributed by atoms with van der Waals surface area (Å²) < 4.78 is 1.67. The molecule has 3 aromatic rings. The number of nitrogens with zero attached hydrogens (tertiary/aromatic N) is 2. The lowest BCUT2D eigenvalue weighted by Crippen LogP contribution is -2.29. The second kappa shape index (κ2) is 8.65. The maximum Gasteiger partial charge on any atom is 0.278 e. The highest BCUT2D eigenvalue weighted by Crippen LogP contribution is 2.20. The molecule has 148 valence electrons. The number of aromatic amines is 1. The number of amides is 1. The molecule has 2 N–H and O–H groups in total. The Morgan fingerprint density at radius 2 is 1.96 bits per heavy atom. The van der Waals surface area contributed by atoms with Crippen molar-refractivity contribution in [1.82, 2.24) is 19.9 Å². The Kier molecular flexibility index (Phi) is 6.24. The fourth-order valence-electron chi connectivity index (χ4n) is 3.09. The van der Waals surface area contributed by atoms with Gasteiger partial charge in [-0.05, 0) is 31.4 Å². The van der Waals surface area contributed by atoms with E-state index >= 15 is 0 Å². The molecule has 1 amide bonds. The van der Waals surface area contributed by atoms with E-state index in [1.807, 2.05) is 50.2 Å². The minimum absolute atomic E-state index is 0.0741. The zero-order valence-corrected chi connectivity index (χ0v) is 17.5. The van der Waals surface area contributed by atoms with Crippen molar-refractivity contribution >= 4 is 28.7 Å². The number of nitrogens with one attached hydrogen (secondary N) is 2. The van der Waals surface area contributed by atoms with E-state index in [1.165, 1.54) is 11.8 Å². The van der Waals surface area contributed by atoms with Gasteiger partial charge in [0, 0.05) is 12.2 Å². The van der Waals surface area contributed by atoms with Crippen LogP contribution in [0, 0.1) is 12.8 Å². The molecule has 0 radical (unpaired) electrons. The largest absolute Gasteiger partial charge is 0.353 e. The summed E-state index contributed by atoms with van der Waals surface area (Å²) in [6.45, 7) is 8.53. The van der Waals surface area contributed by atoms with Crippen molar-refractivity contribution in [3.63, 3.8) is 0 Å². The molecular weight excluding hydrogens is 372 g/mol. The number of fused-ring (bicyclic) bond motifs is 1. The van der Waals surface area contributed by atoms with Gasteiger partial charge in [0.1, 0.15) is 5.52 Å². The van der Waals surface area contributed by atoms with E-state index in [0.717, 1.165) is 11.3 Å². The Morgan fingerprint density at radius 3 is 2.64 bits per heavy atom. The predicted octanol–water partition coefficient (Wildman–Crippen LogP) is 3.66. The van der Waals surface area contributed by atoms with Gasteiger partial charge in [0.2, 0.25) is 5.91 Å². The predicted molar refractivity (Wildman–Crippen MR) is 114 cm³/mol. The average Bonchev–Trinajstić information content (AvgIpc) is 3.03. The summed E-state index contributed by atoms with van der Waals surface area (Å²) in [5.74, 6) is 0.410. The van der Waals surface area contributed by atoms with Gasteiger partial charge >= 0.3 is 0 Å². The van der Waals surface area contributed by atoms with E-state index in [9.17, 15) is 9.59 Å². The monoisotopic (exact) mass is 398 g/mol. The van der Waals surface area contributed by atoms with Crippen molar-refractivity contribution in [3.05, 3.63) is 58.0 Å². The van der Waals surface area contributed by atoms with Crippen LogP contribution in [0.1, 0.15) is 38.1 Å². The molecule has 0 saturated carbocycles. The fourth-order valence-corrected chi connectivity index (χ4v) is 3.91. The first-order valence-electron chi connectivity index (χ1n) is 9.42. The Morgan fingerprint density at radius 1 is 1.25 bits per heavy atom. The van der Waals surface area contributed by atoms with Gasteiger partial charge < -0.3 is 10.3 Å². The molecule has 3 rings (SSSR count). The van der Waals surface area contributed by atoms with Crippen LogP contribution in [0.15, 0.2) is 46.3 Å². The van der Waals surface area contributed by atoms with Crippen LogP contribution in [-0.2, 0) is 11.3 Å². The Bertz CT molecular complexity index is 1020. The summed E-state index contributed by atoms with van der Waals surface area (Å²) in [5.41, 5.74) is 3.02. The summed E-state index contributed by atoms with van der Waals surface area (Å²) in [7, 11) is 0. The van der Waals surface area contributed by atoms with Crippen LogP contribution < -0.4 is 10.9 Å². The smallest absolute Gasteiger partial charge is 0.278 e. The number of aromatic nitrogens is 3. The van der Waals surface area contributed by atoms with Crippen molar-refractivity contribution in [2.24, 2.45) is 5.92 Å². The molecule has 0 aliphatic carbocycles. The number of H-pyrrole nitrogens is 1. The maximum absolute atomic E-state index is 12.9. The van der Waals surface area contributed by atoms with Gasteiger partial charge in [-0.15, -0.1) is 0 Å². The number of thioether (sulfide) groups is 1. The number of carbonyl (C=O) groups is 1. The van der Waals surface area contributed by atoms with E-state index in [4.69, 9.17) is 0 Å². The molecule has 0 unspecified atom stereocenters. The van der Waals surface area contributed by atoms with Crippen molar-refractivity contribution in [2.45, 2.75) is 45.4 Å². The van der Waals surface area contributed by atoms with Gasteiger partial charge in [0.05, 0.1) is 17.3 Å². The van der Waals surface area contributed by atoms with Crippen LogP contribution >= 0.6 is 11.8 Å². The van der Waals surface area contributed by atoms with Gasteiger partial charge in [-0.2, -0.15) is 0 Å². The molecule has 0 fully saturated rings. The zero-order valence-electron chi connectivity index (χ0n) is 16.7. The average molecular weight is 399 g/mol. The minimum Gasteiger partial charge on any atom is -0.353 e. The zero-order chi connectivity index (χ0) is 20.3. The van der Waals surface area contributed by atoms with E-state index in [0.29, 0.717) is 28.7 Å². The Balaban J connectivity index is 1.77. The molecule has 0 bridgehead atoms. The Labute approximate surface area is 168 Å². The summed E-state index contributed by atoms with van der Waals surface area (Å²) in [5, 5.41) is 3.58. The summed E-state index contributed by atoms with van der Waals surface area (Å²) >= 11 is 1.30. The first kappa shape index (κ1) is 20.2. The lowest BCUT2D eigenvalue weighted by atomic mass is 10.1. The van der Waals surface area contributed by atoms with Crippen LogP contribution in [-0.4, -0.2) is 26.2 Å². The minimum atomic E-state index is -0.0904. The number of aryl methyl sites for hydroxylation is 1. The van der Waals surface area contributed by atoms with Gasteiger partial charge in [0.15, 0.2) is 5.16 Å². The third-order valence-corrected chi connectivity index (χ3v) is 5.37. The fraction of sp³-hybridized carbons (Fsp3) is 0.381. The summed E-state index contributed by atoms with van der Waals surface area (Å²) in [6, 6.07) is 11.6. The lowest BCUT2D eigenvalue weighted by Gasteiger charge is -2.16. The molecule has 28 heavy (non-hydrogen) atoms. The number of rotatable bonds is 7. The molecule has 0 aliphatic rings. The highest BCUT2D eigenvalue weighted by molar-refractivity contribution is 7.99. The van der Waals surface area contributed by atoms with E-state index in [-0.39, 0.29) is 23.3 Å². The molecule has 1 aromatic carbocycles. The van der Waals surface area contributed by atoms with E-state index < -0.39 is 0 Å². The lowest BCUT2D eigenvalue weighted by molar-refractivity contribution is -0.119. The van der Waals surface area contributed by atoms with Crippen molar-refractivity contribution < 1.29 is 4.79 Å². The second-order valence-electron chi connectivity index (χ2n) is 7.41. The first-order valence-corrected chi connectivity index (χ1v) is 10.4. The van der Waals surface area contributed by atoms with Gasteiger partial charge in [0.25, 0.3) is 5.56 Å². The highest BCUT2D eigenvalue weighted by atomic mass is 32.2. The van der Waals surface area contributed by atoms with E-state index in [1.54, 1.807) is 4.57 Å². The van der Waals surface area contributed by atoms with Gasteiger partial charge in [-0.25, -0.2) is 4.98 Å². The molecule has 6 nitrogen and oxygen atoms in total. The van der Waals surface area contributed by atoms with Gasteiger partial charge in [-0.3, -0.25) is 14.2 Å². The van der Waals surface area contributed by atoms with Crippen molar-refractivity contribution in [1.29, 1.82) is 0 Å². The van der Waals surface area contributed by atoms with Crippen molar-refractivity contribution in [2.75, 3.05) is 5.75 Å². The molecular formula is C21H26N4O2S. The molecule has 2 heterocycles. The number of hydrogen-bond acceptors (Lipinski definition) is 4. The molecule has 0 aliphatic heterocycles. The standard InChI is InChI=1S/C21H26N4O2S/c1-13(2)11-25-20(27)19-17(10-14(3)22-19)24-21(25)28-12-18(26)23-15(4)16-8-6-5-7-9-16/h5-10,13,15,22H,11-12H2,1-4H3,(H,23,26)/t15-/m1/s1. The highest BCUT2D eigenvalue weighted by Gasteiger charge is 2.16. The van der Waals surface area contributed by atoms with Crippen LogP contribution in [0.2, 0.25) is 0 Å². The third kappa shape index (κ3) is 4.65. The van der Waals surface area contributed by atoms with Crippen molar-refractivity contribution in [3.8, 4) is 0 Å². The van der Waals surface area contributed by atoms with Crippen LogP contribution in [0.5, 0.6) is 0 Å². The molecule has 2 aromatic heterocycles. The number of benzene rings is 1. The molecule has 7 heteroatoms. The summed E-state index contributed by atoms with van der Waals surface area (Å²) in [4.78, 5) is 33.0. The van der Waals surface area contributed by atoms with Gasteiger partial charge in [-0.1, -0.05) is 55.9 Å². The number of hydrogen-bond donors (Lipinski definition) is 2. The molecule has 0 spiro atoms. The molecule has 1 atom stereocenters. The van der Waals surface area contributed by atoms with Crippen LogP contribution in [0.3, 0.4) is 0 Å². The topological polar surface area (TPSA) is 79.8 Å². The molecule has 0 saturated heterocycles. The van der Waals surface area contributed by atoms with Crippen LogP contribution in [0.25, 0.3) is 11.0 Å². The third-order valence-electron chi connectivity index (χ3n) is 4.39.